The Bertz CT molecular complexity index is 684. The lowest BCUT2D eigenvalue weighted by Crippen LogP contribution is -2.41. The van der Waals surface area contributed by atoms with Gasteiger partial charge in [-0.3, -0.25) is 4.57 Å². The summed E-state index contributed by atoms with van der Waals surface area (Å²) in [7, 11) is 0.589. The summed E-state index contributed by atoms with van der Waals surface area (Å²) < 4.78 is 19.5. The Labute approximate surface area is 164 Å². The molecule has 148 valence electrons. The highest BCUT2D eigenvalue weighted by Gasteiger charge is 2.47. The largest absolute Gasteiger partial charge is 0.415 e. The molecule has 0 spiro atoms. The molecule has 0 saturated carbocycles. The van der Waals surface area contributed by atoms with Gasteiger partial charge in [0.25, 0.3) is 0 Å². The summed E-state index contributed by atoms with van der Waals surface area (Å²) in [6, 6.07) is 0. The molecule has 10 heteroatoms. The molecule has 1 aliphatic rings. The van der Waals surface area contributed by atoms with E-state index < -0.39 is 40.0 Å². The van der Waals surface area contributed by atoms with Crippen molar-refractivity contribution < 1.29 is 19.0 Å². The first-order valence-electron chi connectivity index (χ1n) is 8.57. The zero-order valence-electron chi connectivity index (χ0n) is 15.8. The van der Waals surface area contributed by atoms with Crippen molar-refractivity contribution in [1.82, 2.24) is 9.55 Å². The lowest BCUT2D eigenvalue weighted by molar-refractivity contribution is -0.0625. The maximum atomic E-state index is 12.3. The van der Waals surface area contributed by atoms with Crippen LogP contribution in [0.15, 0.2) is 15.5 Å². The van der Waals surface area contributed by atoms with Crippen molar-refractivity contribution >= 4 is 31.5 Å². The van der Waals surface area contributed by atoms with Gasteiger partial charge in [-0.1, -0.05) is 27.7 Å². The van der Waals surface area contributed by atoms with E-state index in [1.165, 1.54) is 17.9 Å². The van der Waals surface area contributed by atoms with Crippen LogP contribution in [0.1, 0.15) is 33.9 Å². The Morgan fingerprint density at radius 2 is 2.15 bits per heavy atom. The fourth-order valence-corrected chi connectivity index (χ4v) is 4.32. The summed E-state index contributed by atoms with van der Waals surface area (Å²) in [4.78, 5) is 16.0. The second-order valence-corrected chi connectivity index (χ2v) is 10.8. The molecule has 4 atom stereocenters. The Morgan fingerprint density at radius 3 is 2.69 bits per heavy atom. The van der Waals surface area contributed by atoms with Gasteiger partial charge in [-0.2, -0.15) is 4.98 Å². The third-order valence-corrected chi connectivity index (χ3v) is 7.88. The van der Waals surface area contributed by atoms with Crippen LogP contribution in [-0.4, -0.2) is 56.4 Å². The lowest BCUT2D eigenvalue weighted by Gasteiger charge is -2.32. The number of nitrogens with zero attached hydrogens (tertiary/aromatic N) is 2. The number of halogens is 1. The van der Waals surface area contributed by atoms with Crippen LogP contribution >= 0.6 is 15.9 Å². The van der Waals surface area contributed by atoms with Gasteiger partial charge >= 0.3 is 5.69 Å². The Balaban J connectivity index is 2.29. The first kappa shape index (κ1) is 21.5. The predicted octanol–water partition coefficient (Wildman–Crippen LogP) is 0.816. The number of nitrogen functional groups attached to an aromatic ring is 1. The van der Waals surface area contributed by atoms with E-state index >= 15 is 0 Å². The molecule has 2 rings (SSSR count). The van der Waals surface area contributed by atoms with Crippen LogP contribution in [0.25, 0.3) is 0 Å². The van der Waals surface area contributed by atoms with Crippen LogP contribution in [0.4, 0.5) is 5.82 Å². The number of aromatic nitrogens is 2. The fourth-order valence-electron chi connectivity index (χ4n) is 2.65. The minimum Gasteiger partial charge on any atom is -0.415 e. The molecule has 0 radical (unpaired) electrons. The number of aliphatic hydroxyl groups is 1. The average Bonchev–Trinajstić information content (AvgIpc) is 2.93. The van der Waals surface area contributed by atoms with Crippen molar-refractivity contribution in [2.45, 2.75) is 57.3 Å². The molecule has 1 aromatic heterocycles. The van der Waals surface area contributed by atoms with Gasteiger partial charge in [0.05, 0.1) is 11.1 Å². The highest BCUT2D eigenvalue weighted by Crippen LogP contribution is 2.37. The summed E-state index contributed by atoms with van der Waals surface area (Å²) in [6.07, 6.45) is -0.812. The normalized spacial score (nSPS) is 27.1. The number of aliphatic hydroxyl groups excluding tert-OH is 1. The third-order valence-electron chi connectivity index (χ3n) is 5.16. The maximum Gasteiger partial charge on any atom is 0.351 e. The Kier molecular flexibility index (Phi) is 7.02. The van der Waals surface area contributed by atoms with Crippen molar-refractivity contribution in [2.75, 3.05) is 19.5 Å². The van der Waals surface area contributed by atoms with E-state index in [2.05, 4.69) is 48.6 Å². The molecule has 1 aromatic rings. The molecular weight excluding hydrogens is 422 g/mol. The minimum absolute atomic E-state index is 0.0823. The quantitative estimate of drug-likeness (QED) is 0.592. The standard InChI is InChI=1S/C16H28BrN3O5Si/c1-8(2)16(3,4)26-25-11-10(7-21)24-14(12(11)23-5)20-6-9(17)13(18)19-15(20)22/h6,8,10-12,14,21H,7,26H2,1-5H3,(H2,18,19,22)/t10-,11?,12?,14-/m1/s1. The van der Waals surface area contributed by atoms with Gasteiger partial charge in [-0.05, 0) is 26.9 Å². The number of rotatable bonds is 7. The van der Waals surface area contributed by atoms with E-state index in [1.807, 2.05) is 0 Å². The maximum absolute atomic E-state index is 12.3. The van der Waals surface area contributed by atoms with Gasteiger partial charge in [0.15, 0.2) is 16.0 Å². The first-order chi connectivity index (χ1) is 12.1. The van der Waals surface area contributed by atoms with Gasteiger partial charge in [0.2, 0.25) is 0 Å². The van der Waals surface area contributed by atoms with Gasteiger partial charge in [-0.15, -0.1) is 0 Å². The molecule has 1 saturated heterocycles. The van der Waals surface area contributed by atoms with Gasteiger partial charge in [0.1, 0.15) is 24.1 Å². The predicted molar refractivity (Wildman–Crippen MR) is 105 cm³/mol. The number of ether oxygens (including phenoxy) is 2. The highest BCUT2D eigenvalue weighted by atomic mass is 79.9. The van der Waals surface area contributed by atoms with E-state index in [-0.39, 0.29) is 17.5 Å². The highest BCUT2D eigenvalue weighted by molar-refractivity contribution is 9.10. The van der Waals surface area contributed by atoms with Gasteiger partial charge in [-0.25, -0.2) is 4.79 Å². The summed E-state index contributed by atoms with van der Waals surface area (Å²) >= 11 is 3.27. The Morgan fingerprint density at radius 1 is 1.50 bits per heavy atom. The molecule has 0 amide bonds. The summed E-state index contributed by atoms with van der Waals surface area (Å²) in [5.41, 5.74) is 5.11. The van der Waals surface area contributed by atoms with Crippen molar-refractivity contribution in [3.63, 3.8) is 0 Å². The molecular formula is C16H28BrN3O5Si. The SMILES string of the molecule is COC1C(O[SiH2]C(C)(C)C(C)C)[C@@H](CO)O[C@H]1n1cc(Br)c(N)nc1=O. The molecule has 8 nitrogen and oxygen atoms in total. The van der Waals surface area contributed by atoms with E-state index in [9.17, 15) is 9.90 Å². The Hall–Kier alpha value is -0.783. The molecule has 26 heavy (non-hydrogen) atoms. The van der Waals surface area contributed by atoms with Crippen molar-refractivity contribution in [1.29, 1.82) is 0 Å². The monoisotopic (exact) mass is 449 g/mol. The van der Waals surface area contributed by atoms with Crippen molar-refractivity contribution in [2.24, 2.45) is 5.92 Å². The number of methoxy groups -OCH3 is 1. The van der Waals surface area contributed by atoms with Crippen LogP contribution in [0, 0.1) is 5.92 Å². The molecule has 3 N–H and O–H groups in total. The van der Waals surface area contributed by atoms with E-state index in [0.717, 1.165) is 0 Å². The van der Waals surface area contributed by atoms with E-state index in [0.29, 0.717) is 10.4 Å². The summed E-state index contributed by atoms with van der Waals surface area (Å²) in [5, 5.41) is 9.83. The van der Waals surface area contributed by atoms with Gasteiger partial charge < -0.3 is 24.7 Å². The molecule has 1 aliphatic heterocycles. The third kappa shape index (κ3) is 4.37. The zero-order chi connectivity index (χ0) is 19.6. The number of hydrogen-bond donors (Lipinski definition) is 2. The minimum atomic E-state index is -0.950. The average molecular weight is 450 g/mol. The first-order valence-corrected chi connectivity index (χ1v) is 10.6. The summed E-state index contributed by atoms with van der Waals surface area (Å²) in [6.45, 7) is 8.46. The molecule has 2 unspecified atom stereocenters. The second kappa shape index (κ2) is 8.49. The van der Waals surface area contributed by atoms with Crippen LogP contribution < -0.4 is 11.4 Å². The van der Waals surface area contributed by atoms with Crippen molar-refractivity contribution in [3.8, 4) is 0 Å². The molecule has 0 aromatic carbocycles. The molecule has 0 bridgehead atoms. The molecule has 1 fully saturated rings. The molecule has 2 heterocycles. The van der Waals surface area contributed by atoms with Crippen molar-refractivity contribution in [3.05, 3.63) is 21.2 Å². The van der Waals surface area contributed by atoms with Crippen LogP contribution in [0.2, 0.25) is 5.04 Å². The van der Waals surface area contributed by atoms with Crippen LogP contribution in [-0.2, 0) is 13.9 Å². The number of hydrogen-bond acceptors (Lipinski definition) is 7. The second-order valence-electron chi connectivity index (χ2n) is 7.53. The zero-order valence-corrected chi connectivity index (χ0v) is 18.8. The lowest BCUT2D eigenvalue weighted by atomic mass is 9.99. The smallest absolute Gasteiger partial charge is 0.351 e. The van der Waals surface area contributed by atoms with Crippen LogP contribution in [0.3, 0.4) is 0 Å². The number of nitrogens with two attached hydrogens (primary N) is 1. The molecule has 0 aliphatic carbocycles. The number of anilines is 1. The topological polar surface area (TPSA) is 109 Å². The van der Waals surface area contributed by atoms with E-state index in [1.54, 1.807) is 0 Å². The van der Waals surface area contributed by atoms with Gasteiger partial charge in [0, 0.05) is 13.3 Å². The van der Waals surface area contributed by atoms with Crippen LogP contribution in [0.5, 0.6) is 0 Å². The summed E-state index contributed by atoms with van der Waals surface area (Å²) in [5.74, 6) is 0.580. The fraction of sp³-hybridized carbons (Fsp3) is 0.750. The van der Waals surface area contributed by atoms with E-state index in [4.69, 9.17) is 19.6 Å².